The number of hydrogen-bond acceptors (Lipinski definition) is 4. The summed E-state index contributed by atoms with van der Waals surface area (Å²) in [5, 5.41) is 4.52. The fourth-order valence-corrected chi connectivity index (χ4v) is 4.28. The lowest BCUT2D eigenvalue weighted by molar-refractivity contribution is 0.502. The van der Waals surface area contributed by atoms with E-state index in [0.29, 0.717) is 12.2 Å². The summed E-state index contributed by atoms with van der Waals surface area (Å²) in [4.78, 5) is 0. The molecule has 1 saturated heterocycles. The molecule has 1 aromatic rings. The molecule has 2 rings (SSSR count). The Morgan fingerprint density at radius 1 is 1.44 bits per heavy atom. The summed E-state index contributed by atoms with van der Waals surface area (Å²) in [5.41, 5.74) is 8.25. The highest BCUT2D eigenvalue weighted by molar-refractivity contribution is 7.91. The van der Waals surface area contributed by atoms with E-state index in [-0.39, 0.29) is 17.5 Å². The van der Waals surface area contributed by atoms with Gasteiger partial charge in [-0.15, -0.1) is 0 Å². The zero-order chi connectivity index (χ0) is 13.3. The first-order chi connectivity index (χ1) is 8.48. The van der Waals surface area contributed by atoms with E-state index in [0.717, 1.165) is 30.5 Å². The number of rotatable bonds is 4. The van der Waals surface area contributed by atoms with Crippen molar-refractivity contribution in [3.05, 3.63) is 11.3 Å². The fraction of sp³-hybridized carbons (Fsp3) is 0.750. The molecule has 0 saturated carbocycles. The average molecular weight is 271 g/mol. The molecular formula is C12H21N3O2S. The third kappa shape index (κ3) is 2.39. The van der Waals surface area contributed by atoms with Crippen LogP contribution in [0.5, 0.6) is 0 Å². The van der Waals surface area contributed by atoms with Crippen LogP contribution in [0.4, 0.5) is 5.82 Å². The van der Waals surface area contributed by atoms with E-state index in [9.17, 15) is 8.42 Å². The minimum absolute atomic E-state index is 0.0779. The van der Waals surface area contributed by atoms with Gasteiger partial charge < -0.3 is 5.73 Å². The monoisotopic (exact) mass is 271 g/mol. The van der Waals surface area contributed by atoms with E-state index < -0.39 is 9.84 Å². The smallest absolute Gasteiger partial charge is 0.152 e. The molecule has 6 heteroatoms. The zero-order valence-electron chi connectivity index (χ0n) is 11.0. The second-order valence-electron chi connectivity index (χ2n) is 4.92. The van der Waals surface area contributed by atoms with Gasteiger partial charge in [-0.3, -0.25) is 0 Å². The maximum Gasteiger partial charge on any atom is 0.152 e. The molecule has 2 heterocycles. The van der Waals surface area contributed by atoms with Crippen molar-refractivity contribution in [3.63, 3.8) is 0 Å². The molecule has 0 aromatic carbocycles. The van der Waals surface area contributed by atoms with E-state index in [1.165, 1.54) is 0 Å². The molecular weight excluding hydrogens is 250 g/mol. The lowest BCUT2D eigenvalue weighted by Gasteiger charge is -2.10. The van der Waals surface area contributed by atoms with Crippen molar-refractivity contribution in [3.8, 4) is 0 Å². The molecule has 102 valence electrons. The van der Waals surface area contributed by atoms with Crippen molar-refractivity contribution in [1.82, 2.24) is 9.78 Å². The van der Waals surface area contributed by atoms with Gasteiger partial charge in [-0.25, -0.2) is 13.1 Å². The molecule has 2 N–H and O–H groups in total. The lowest BCUT2D eigenvalue weighted by Crippen LogP contribution is -2.15. The molecule has 1 aromatic heterocycles. The zero-order valence-corrected chi connectivity index (χ0v) is 11.8. The van der Waals surface area contributed by atoms with E-state index in [2.05, 4.69) is 18.9 Å². The summed E-state index contributed by atoms with van der Waals surface area (Å²) in [5.74, 6) is 1.09. The molecule has 1 aliphatic rings. The van der Waals surface area contributed by atoms with Gasteiger partial charge in [-0.05, 0) is 19.3 Å². The number of nitrogens with zero attached hydrogens (tertiary/aromatic N) is 2. The first kappa shape index (κ1) is 13.4. The predicted molar refractivity (Wildman–Crippen MR) is 72.3 cm³/mol. The molecule has 0 amide bonds. The Morgan fingerprint density at radius 3 is 2.67 bits per heavy atom. The summed E-state index contributed by atoms with van der Waals surface area (Å²) in [6.07, 6.45) is 3.40. The quantitative estimate of drug-likeness (QED) is 0.896. The van der Waals surface area contributed by atoms with Gasteiger partial charge in [0.1, 0.15) is 5.82 Å². The Morgan fingerprint density at radius 2 is 2.17 bits per heavy atom. The van der Waals surface area contributed by atoms with Crippen molar-refractivity contribution in [2.75, 3.05) is 17.2 Å². The Labute approximate surface area is 108 Å². The van der Waals surface area contributed by atoms with Crippen LogP contribution in [0.25, 0.3) is 0 Å². The van der Waals surface area contributed by atoms with Crippen LogP contribution in [0.1, 0.15) is 44.0 Å². The standard InChI is InChI=1S/C12H21N3O2S/c1-3-5-10-11(4-2)14-15(12(10)13)9-6-7-18(16,17)8-9/h9H,3-8,13H2,1-2H3. The average Bonchev–Trinajstić information content (AvgIpc) is 2.82. The van der Waals surface area contributed by atoms with Gasteiger partial charge in [0.2, 0.25) is 0 Å². The highest BCUT2D eigenvalue weighted by Crippen LogP contribution is 2.29. The molecule has 18 heavy (non-hydrogen) atoms. The highest BCUT2D eigenvalue weighted by atomic mass is 32.2. The molecule has 1 atom stereocenters. The van der Waals surface area contributed by atoms with Crippen LogP contribution in [0.15, 0.2) is 0 Å². The normalized spacial score (nSPS) is 22.4. The predicted octanol–water partition coefficient (Wildman–Crippen LogP) is 1.34. The summed E-state index contributed by atoms with van der Waals surface area (Å²) < 4.78 is 24.8. The number of nitrogen functional groups attached to an aromatic ring is 1. The second-order valence-corrected chi connectivity index (χ2v) is 7.14. The van der Waals surface area contributed by atoms with Crippen LogP contribution < -0.4 is 5.73 Å². The second kappa shape index (κ2) is 4.91. The highest BCUT2D eigenvalue weighted by Gasteiger charge is 2.31. The largest absolute Gasteiger partial charge is 0.384 e. The van der Waals surface area contributed by atoms with Crippen molar-refractivity contribution in [2.24, 2.45) is 0 Å². The number of sulfone groups is 1. The van der Waals surface area contributed by atoms with Crippen LogP contribution in [0.2, 0.25) is 0 Å². The first-order valence-corrected chi connectivity index (χ1v) is 8.36. The molecule has 1 fully saturated rings. The number of nitrogens with two attached hydrogens (primary N) is 1. The Kier molecular flexibility index (Phi) is 3.66. The minimum Gasteiger partial charge on any atom is -0.384 e. The van der Waals surface area contributed by atoms with Gasteiger partial charge in [0.15, 0.2) is 9.84 Å². The summed E-state index contributed by atoms with van der Waals surface area (Å²) in [7, 11) is -2.90. The maximum absolute atomic E-state index is 11.5. The molecule has 0 aliphatic carbocycles. The number of anilines is 1. The van der Waals surface area contributed by atoms with Crippen LogP contribution in [-0.2, 0) is 22.7 Å². The topological polar surface area (TPSA) is 78.0 Å². The molecule has 0 radical (unpaired) electrons. The molecule has 0 bridgehead atoms. The van der Waals surface area contributed by atoms with Gasteiger partial charge in [0.05, 0.1) is 23.2 Å². The summed E-state index contributed by atoms with van der Waals surface area (Å²) in [6, 6.07) is -0.0779. The van der Waals surface area contributed by atoms with Crippen molar-refractivity contribution >= 4 is 15.7 Å². The van der Waals surface area contributed by atoms with Crippen molar-refractivity contribution in [2.45, 2.75) is 45.6 Å². The van der Waals surface area contributed by atoms with Gasteiger partial charge in [0, 0.05) is 5.56 Å². The lowest BCUT2D eigenvalue weighted by atomic mass is 10.1. The Balaban J connectivity index is 2.34. The first-order valence-electron chi connectivity index (χ1n) is 6.54. The van der Waals surface area contributed by atoms with Gasteiger partial charge in [-0.2, -0.15) is 5.10 Å². The van der Waals surface area contributed by atoms with Gasteiger partial charge in [-0.1, -0.05) is 20.3 Å². The van der Waals surface area contributed by atoms with Crippen LogP contribution in [-0.4, -0.2) is 29.7 Å². The van der Waals surface area contributed by atoms with Crippen molar-refractivity contribution < 1.29 is 8.42 Å². The summed E-state index contributed by atoms with van der Waals surface area (Å²) >= 11 is 0. The van der Waals surface area contributed by atoms with Crippen LogP contribution in [0, 0.1) is 0 Å². The number of aromatic nitrogens is 2. The van der Waals surface area contributed by atoms with Crippen molar-refractivity contribution in [1.29, 1.82) is 0 Å². The third-order valence-corrected chi connectivity index (χ3v) is 5.27. The molecule has 0 spiro atoms. The van der Waals surface area contributed by atoms with E-state index in [4.69, 9.17) is 5.73 Å². The Hall–Kier alpha value is -1.04. The van der Waals surface area contributed by atoms with Crippen LogP contribution >= 0.6 is 0 Å². The minimum atomic E-state index is -2.90. The van der Waals surface area contributed by atoms with E-state index >= 15 is 0 Å². The SMILES string of the molecule is CCCc1c(CC)nn(C2CCS(=O)(=O)C2)c1N. The Bertz CT molecular complexity index is 534. The third-order valence-electron chi connectivity index (χ3n) is 3.52. The molecule has 5 nitrogen and oxygen atoms in total. The van der Waals surface area contributed by atoms with Gasteiger partial charge in [0.25, 0.3) is 0 Å². The fourth-order valence-electron chi connectivity index (χ4n) is 2.58. The van der Waals surface area contributed by atoms with E-state index in [1.54, 1.807) is 4.68 Å². The summed E-state index contributed by atoms with van der Waals surface area (Å²) in [6.45, 7) is 4.16. The van der Waals surface area contributed by atoms with Crippen LogP contribution in [0.3, 0.4) is 0 Å². The number of hydrogen-bond donors (Lipinski definition) is 1. The van der Waals surface area contributed by atoms with Gasteiger partial charge >= 0.3 is 0 Å². The van der Waals surface area contributed by atoms with E-state index in [1.807, 2.05) is 0 Å². The molecule has 1 unspecified atom stereocenters. The number of aryl methyl sites for hydroxylation is 1. The molecule has 1 aliphatic heterocycles. The maximum atomic E-state index is 11.5.